The molecule has 2 atom stereocenters. The molecule has 1 amide bonds. The second kappa shape index (κ2) is 10.8. The molecule has 3 N–H and O–H groups in total. The van der Waals surface area contributed by atoms with Crippen molar-refractivity contribution in [3.8, 4) is 5.75 Å². The highest BCUT2D eigenvalue weighted by Gasteiger charge is 2.45. The number of ether oxygens (including phenoxy) is 2. The molecule has 0 bridgehead atoms. The minimum absolute atomic E-state index is 0.0491. The molecule has 10 heteroatoms. The third-order valence-electron chi connectivity index (χ3n) is 6.70. The fraction of sp³-hybridized carbons (Fsp3) is 0.750. The van der Waals surface area contributed by atoms with Gasteiger partial charge in [-0.15, -0.1) is 0 Å². The van der Waals surface area contributed by atoms with E-state index in [2.05, 4.69) is 17.2 Å². The number of halogens is 4. The van der Waals surface area contributed by atoms with E-state index in [0.29, 0.717) is 19.4 Å². The summed E-state index contributed by atoms with van der Waals surface area (Å²) >= 11 is 0. The Morgan fingerprint density at radius 3 is 2.59 bits per heavy atom. The van der Waals surface area contributed by atoms with Crippen LogP contribution in [0.2, 0.25) is 0 Å². The molecular formula is C24H35F4N3O3. The maximum Gasteiger partial charge on any atom is 0.422 e. The van der Waals surface area contributed by atoms with Gasteiger partial charge in [0, 0.05) is 36.4 Å². The van der Waals surface area contributed by atoms with E-state index in [4.69, 9.17) is 15.2 Å². The zero-order valence-electron chi connectivity index (χ0n) is 19.8. The lowest BCUT2D eigenvalue weighted by molar-refractivity contribution is -0.154. The Balaban J connectivity index is 1.72. The minimum atomic E-state index is -4.59. The Bertz CT molecular complexity index is 843. The SMILES string of the molecule is CCCCCOC(N)C[C@](C)(NC(=O)c1cc(OCC(F)(F)F)c(C2(F)CCC2)cn1)C1CC1. The Morgan fingerprint density at radius 2 is 2.03 bits per heavy atom. The van der Waals surface area contributed by atoms with Gasteiger partial charge in [0.15, 0.2) is 6.61 Å². The number of rotatable bonds is 13. The van der Waals surface area contributed by atoms with Crippen LogP contribution in [0.3, 0.4) is 0 Å². The topological polar surface area (TPSA) is 86.5 Å². The average molecular weight is 490 g/mol. The summed E-state index contributed by atoms with van der Waals surface area (Å²) < 4.78 is 63.9. The van der Waals surface area contributed by atoms with Gasteiger partial charge in [0.25, 0.3) is 5.91 Å². The number of carbonyl (C=O) groups excluding carboxylic acids is 1. The smallest absolute Gasteiger partial charge is 0.422 e. The predicted octanol–water partition coefficient (Wildman–Crippen LogP) is 5.15. The lowest BCUT2D eigenvalue weighted by atomic mass is 9.77. The number of hydrogen-bond donors (Lipinski definition) is 2. The van der Waals surface area contributed by atoms with Crippen LogP contribution in [0.5, 0.6) is 5.75 Å². The van der Waals surface area contributed by atoms with Crippen LogP contribution in [-0.2, 0) is 10.4 Å². The third-order valence-corrected chi connectivity index (χ3v) is 6.70. The van der Waals surface area contributed by atoms with Crippen LogP contribution in [0.25, 0.3) is 0 Å². The van der Waals surface area contributed by atoms with Crippen molar-refractivity contribution in [2.24, 2.45) is 11.7 Å². The molecule has 1 aromatic rings. The van der Waals surface area contributed by atoms with E-state index < -0.39 is 36.1 Å². The van der Waals surface area contributed by atoms with Crippen LogP contribution >= 0.6 is 0 Å². The zero-order chi connectivity index (χ0) is 25.0. The number of hydrogen-bond acceptors (Lipinski definition) is 5. The van der Waals surface area contributed by atoms with Crippen molar-refractivity contribution in [1.29, 1.82) is 0 Å². The summed E-state index contributed by atoms with van der Waals surface area (Å²) in [6, 6.07) is 1.10. The first-order chi connectivity index (χ1) is 16.0. The third kappa shape index (κ3) is 7.04. The lowest BCUT2D eigenvalue weighted by Gasteiger charge is -2.35. The van der Waals surface area contributed by atoms with Gasteiger partial charge in [-0.2, -0.15) is 13.2 Å². The summed E-state index contributed by atoms with van der Waals surface area (Å²) in [5.41, 5.74) is 3.53. The van der Waals surface area contributed by atoms with Crippen molar-refractivity contribution in [3.05, 3.63) is 23.5 Å². The molecule has 0 radical (unpaired) electrons. The van der Waals surface area contributed by atoms with Crippen molar-refractivity contribution in [1.82, 2.24) is 10.3 Å². The molecular weight excluding hydrogens is 454 g/mol. The van der Waals surface area contributed by atoms with Crippen molar-refractivity contribution in [2.45, 2.75) is 95.2 Å². The highest BCUT2D eigenvalue weighted by molar-refractivity contribution is 5.93. The van der Waals surface area contributed by atoms with E-state index >= 15 is 4.39 Å². The van der Waals surface area contributed by atoms with Gasteiger partial charge in [-0.25, -0.2) is 4.39 Å². The van der Waals surface area contributed by atoms with Crippen molar-refractivity contribution in [2.75, 3.05) is 13.2 Å². The quantitative estimate of drug-likeness (QED) is 0.227. The summed E-state index contributed by atoms with van der Waals surface area (Å²) in [7, 11) is 0. The number of unbranched alkanes of at least 4 members (excludes halogenated alkanes) is 2. The number of nitrogens with zero attached hydrogens (tertiary/aromatic N) is 1. The van der Waals surface area contributed by atoms with E-state index in [1.165, 1.54) is 0 Å². The van der Waals surface area contributed by atoms with Gasteiger partial charge in [0.05, 0.1) is 0 Å². The molecule has 2 aliphatic rings. The van der Waals surface area contributed by atoms with Gasteiger partial charge in [-0.1, -0.05) is 19.8 Å². The summed E-state index contributed by atoms with van der Waals surface area (Å²) in [6.45, 7) is 2.94. The molecule has 6 nitrogen and oxygen atoms in total. The van der Waals surface area contributed by atoms with Crippen molar-refractivity contribution in [3.63, 3.8) is 0 Å². The number of carbonyl (C=O) groups is 1. The fourth-order valence-corrected chi connectivity index (χ4v) is 4.36. The highest BCUT2D eigenvalue weighted by atomic mass is 19.4. The fourth-order valence-electron chi connectivity index (χ4n) is 4.36. The van der Waals surface area contributed by atoms with Crippen molar-refractivity contribution < 1.29 is 31.8 Å². The summed E-state index contributed by atoms with van der Waals surface area (Å²) in [4.78, 5) is 17.1. The molecule has 0 aromatic carbocycles. The Labute approximate surface area is 198 Å². The maximum absolute atomic E-state index is 15.0. The molecule has 1 aromatic heterocycles. The van der Waals surface area contributed by atoms with Crippen LogP contribution in [-0.4, -0.2) is 42.0 Å². The van der Waals surface area contributed by atoms with Gasteiger partial charge in [0.2, 0.25) is 0 Å². The van der Waals surface area contributed by atoms with Crippen LogP contribution in [0, 0.1) is 5.92 Å². The number of nitrogens with one attached hydrogen (secondary N) is 1. The van der Waals surface area contributed by atoms with Gasteiger partial charge in [-0.3, -0.25) is 9.78 Å². The lowest BCUT2D eigenvalue weighted by Crippen LogP contribution is -2.51. The number of pyridine rings is 1. The van der Waals surface area contributed by atoms with E-state index in [0.717, 1.165) is 44.4 Å². The van der Waals surface area contributed by atoms with Crippen LogP contribution in [0.1, 0.15) is 87.7 Å². The molecule has 34 heavy (non-hydrogen) atoms. The van der Waals surface area contributed by atoms with Gasteiger partial charge < -0.3 is 20.5 Å². The van der Waals surface area contributed by atoms with Gasteiger partial charge in [0.1, 0.15) is 23.3 Å². The normalized spacial score (nSPS) is 20.2. The molecule has 192 valence electrons. The van der Waals surface area contributed by atoms with E-state index in [9.17, 15) is 18.0 Å². The second-order valence-corrected chi connectivity index (χ2v) is 9.75. The van der Waals surface area contributed by atoms with Gasteiger partial charge in [-0.05, 0) is 51.4 Å². The minimum Gasteiger partial charge on any atom is -0.484 e. The van der Waals surface area contributed by atoms with E-state index in [1.54, 1.807) is 0 Å². The monoisotopic (exact) mass is 489 g/mol. The number of nitrogens with two attached hydrogens (primary N) is 1. The summed E-state index contributed by atoms with van der Waals surface area (Å²) in [6.07, 6.45) is 2.21. The number of alkyl halides is 4. The van der Waals surface area contributed by atoms with E-state index in [-0.39, 0.29) is 35.8 Å². The van der Waals surface area contributed by atoms with Gasteiger partial charge >= 0.3 is 6.18 Å². The second-order valence-electron chi connectivity index (χ2n) is 9.75. The maximum atomic E-state index is 15.0. The van der Waals surface area contributed by atoms with Crippen molar-refractivity contribution >= 4 is 5.91 Å². The number of amides is 1. The molecule has 0 spiro atoms. The standard InChI is InChI=1S/C24H35F4N3O3/c1-3-4-5-11-33-20(29)13-22(2,16-7-8-16)31-21(32)18-12-19(34-15-24(26,27)28)17(14-30-18)23(25)9-6-10-23/h12,14,16,20H,3-11,13,15,29H2,1-2H3,(H,31,32)/t20?,22-/m0/s1. The molecule has 3 rings (SSSR count). The Hall–Kier alpha value is -1.94. The highest BCUT2D eigenvalue weighted by Crippen LogP contribution is 2.48. The van der Waals surface area contributed by atoms with E-state index in [1.807, 2.05) is 6.92 Å². The molecule has 1 heterocycles. The number of aromatic nitrogens is 1. The average Bonchev–Trinajstić information content (AvgIpc) is 3.59. The Kier molecular flexibility index (Phi) is 8.44. The molecule has 2 aliphatic carbocycles. The van der Waals surface area contributed by atoms with Crippen LogP contribution in [0.4, 0.5) is 17.6 Å². The molecule has 0 saturated heterocycles. The predicted molar refractivity (Wildman–Crippen MR) is 119 cm³/mol. The summed E-state index contributed by atoms with van der Waals surface area (Å²) in [5, 5.41) is 2.96. The Morgan fingerprint density at radius 1 is 1.32 bits per heavy atom. The zero-order valence-corrected chi connectivity index (χ0v) is 19.8. The van der Waals surface area contributed by atoms with Crippen LogP contribution in [0.15, 0.2) is 12.3 Å². The molecule has 2 saturated carbocycles. The molecule has 0 aliphatic heterocycles. The molecule has 2 fully saturated rings. The van der Waals surface area contributed by atoms with Crippen LogP contribution < -0.4 is 15.8 Å². The summed E-state index contributed by atoms with van der Waals surface area (Å²) in [5.74, 6) is -0.660. The first kappa shape index (κ1) is 26.7. The molecule has 1 unspecified atom stereocenters. The first-order valence-corrected chi connectivity index (χ1v) is 12.0. The first-order valence-electron chi connectivity index (χ1n) is 12.0. The largest absolute Gasteiger partial charge is 0.484 e.